The molecule has 0 aliphatic carbocycles. The molecule has 0 saturated heterocycles. The van der Waals surface area contributed by atoms with E-state index in [-0.39, 0.29) is 12.8 Å². The predicted molar refractivity (Wildman–Crippen MR) is 41.3 cm³/mol. The smallest absolute Gasteiger partial charge is 0.335 e. The molecule has 6 heteroatoms. The van der Waals surface area contributed by atoms with Crippen LogP contribution in [0.1, 0.15) is 12.8 Å². The molecule has 2 unspecified atom stereocenters. The van der Waals surface area contributed by atoms with Gasteiger partial charge in [-0.25, -0.2) is 4.79 Å². The highest BCUT2D eigenvalue weighted by atomic mass is 16.5. The molecule has 0 spiro atoms. The van der Waals surface area contributed by atoms with Gasteiger partial charge in [-0.2, -0.15) is 0 Å². The van der Waals surface area contributed by atoms with Crippen LogP contribution in [0, 0.1) is 0 Å². The van der Waals surface area contributed by atoms with E-state index in [1.165, 1.54) is 7.11 Å². The van der Waals surface area contributed by atoms with Crippen molar-refractivity contribution >= 4 is 11.9 Å². The van der Waals surface area contributed by atoms with Crippen molar-refractivity contribution in [1.29, 1.82) is 0 Å². The number of rotatable bonds is 6. The van der Waals surface area contributed by atoms with Gasteiger partial charge < -0.3 is 20.1 Å². The van der Waals surface area contributed by atoms with E-state index >= 15 is 0 Å². The van der Waals surface area contributed by atoms with Gasteiger partial charge in [0.1, 0.15) is 0 Å². The normalized spacial score (nSPS) is 14.9. The lowest BCUT2D eigenvalue weighted by Crippen LogP contribution is -2.35. The quantitative estimate of drug-likeness (QED) is 0.514. The first-order chi connectivity index (χ1) is 5.99. The highest BCUT2D eigenvalue weighted by Crippen LogP contribution is 2.06. The average Bonchev–Trinajstić information content (AvgIpc) is 2.04. The Morgan fingerprint density at radius 1 is 1.38 bits per heavy atom. The second-order valence-corrected chi connectivity index (χ2v) is 2.49. The van der Waals surface area contributed by atoms with Crippen molar-refractivity contribution in [3.63, 3.8) is 0 Å². The summed E-state index contributed by atoms with van der Waals surface area (Å²) in [4.78, 5) is 20.4. The highest BCUT2D eigenvalue weighted by molar-refractivity contribution is 5.73. The van der Waals surface area contributed by atoms with Crippen molar-refractivity contribution in [3.05, 3.63) is 0 Å². The van der Waals surface area contributed by atoms with Crippen molar-refractivity contribution in [2.24, 2.45) is 0 Å². The van der Waals surface area contributed by atoms with E-state index in [0.717, 1.165) is 0 Å². The molecule has 0 aliphatic heterocycles. The van der Waals surface area contributed by atoms with Gasteiger partial charge in [0.15, 0.2) is 6.10 Å². The van der Waals surface area contributed by atoms with Gasteiger partial charge in [-0.1, -0.05) is 0 Å². The van der Waals surface area contributed by atoms with Gasteiger partial charge in [-0.3, -0.25) is 4.79 Å². The first kappa shape index (κ1) is 11.9. The van der Waals surface area contributed by atoms with Crippen LogP contribution in [0.15, 0.2) is 0 Å². The fraction of sp³-hybridized carbons (Fsp3) is 0.714. The minimum atomic E-state index is -1.68. The number of carbonyl (C=O) groups is 2. The lowest BCUT2D eigenvalue weighted by Gasteiger charge is -2.16. The maximum Gasteiger partial charge on any atom is 0.335 e. The van der Waals surface area contributed by atoms with Crippen LogP contribution >= 0.6 is 0 Å². The molecule has 0 aliphatic rings. The van der Waals surface area contributed by atoms with E-state index in [4.69, 9.17) is 15.3 Å². The maximum absolute atomic E-state index is 10.3. The Hall–Kier alpha value is -1.14. The van der Waals surface area contributed by atoms with E-state index < -0.39 is 24.1 Å². The fourth-order valence-electron chi connectivity index (χ4n) is 0.829. The molecule has 0 rings (SSSR count). The molecule has 0 radical (unpaired) electrons. The topological polar surface area (TPSA) is 104 Å². The molecular weight excluding hydrogens is 180 g/mol. The summed E-state index contributed by atoms with van der Waals surface area (Å²) in [7, 11) is 1.22. The van der Waals surface area contributed by atoms with Crippen molar-refractivity contribution in [3.8, 4) is 0 Å². The van der Waals surface area contributed by atoms with E-state index in [2.05, 4.69) is 4.74 Å². The number of aliphatic hydroxyl groups is 1. The second-order valence-electron chi connectivity index (χ2n) is 2.49. The Labute approximate surface area is 74.7 Å². The van der Waals surface area contributed by atoms with Crippen LogP contribution in [0.5, 0.6) is 0 Å². The molecule has 13 heavy (non-hydrogen) atoms. The number of carboxylic acid groups (broad SMARTS) is 2. The molecule has 0 saturated carbocycles. The van der Waals surface area contributed by atoms with Gasteiger partial charge in [0.05, 0.1) is 6.10 Å². The molecule has 0 bridgehead atoms. The Balaban J connectivity index is 4.02. The van der Waals surface area contributed by atoms with Gasteiger partial charge in [0, 0.05) is 13.5 Å². The maximum atomic E-state index is 10.3. The Bertz CT molecular complexity index is 189. The van der Waals surface area contributed by atoms with Gasteiger partial charge >= 0.3 is 11.9 Å². The van der Waals surface area contributed by atoms with Crippen molar-refractivity contribution in [2.75, 3.05) is 7.11 Å². The number of aliphatic hydroxyl groups excluding tert-OH is 1. The van der Waals surface area contributed by atoms with Crippen LogP contribution in [0.2, 0.25) is 0 Å². The number of aliphatic carboxylic acids is 2. The minimum absolute atomic E-state index is 0.0285. The number of carboxylic acids is 2. The van der Waals surface area contributed by atoms with Gasteiger partial charge in [-0.15, -0.1) is 0 Å². The molecule has 76 valence electrons. The number of ether oxygens (including phenoxy) is 1. The summed E-state index contributed by atoms with van der Waals surface area (Å²) >= 11 is 0. The van der Waals surface area contributed by atoms with E-state index in [9.17, 15) is 9.59 Å². The third-order valence-electron chi connectivity index (χ3n) is 1.55. The summed E-state index contributed by atoms with van der Waals surface area (Å²) in [6.45, 7) is 0. The zero-order valence-electron chi connectivity index (χ0n) is 7.14. The first-order valence-electron chi connectivity index (χ1n) is 3.64. The molecule has 0 heterocycles. The number of hydrogen-bond acceptors (Lipinski definition) is 4. The van der Waals surface area contributed by atoms with Crippen molar-refractivity contribution in [1.82, 2.24) is 0 Å². The zero-order valence-corrected chi connectivity index (χ0v) is 7.14. The predicted octanol–water partition coefficient (Wildman–Crippen LogP) is -0.688. The van der Waals surface area contributed by atoms with Gasteiger partial charge in [-0.05, 0) is 6.42 Å². The highest BCUT2D eigenvalue weighted by Gasteiger charge is 2.25. The second kappa shape index (κ2) is 5.50. The molecule has 6 nitrogen and oxygen atoms in total. The Morgan fingerprint density at radius 3 is 2.23 bits per heavy atom. The van der Waals surface area contributed by atoms with Crippen molar-refractivity contribution in [2.45, 2.75) is 25.0 Å². The third-order valence-corrected chi connectivity index (χ3v) is 1.55. The summed E-state index contributed by atoms with van der Waals surface area (Å²) in [5.74, 6) is -2.48. The molecule has 3 N–H and O–H groups in total. The summed E-state index contributed by atoms with van der Waals surface area (Å²) < 4.78 is 4.63. The Kier molecular flexibility index (Phi) is 5.01. The van der Waals surface area contributed by atoms with E-state index in [0.29, 0.717) is 0 Å². The molecule has 2 atom stereocenters. The summed E-state index contributed by atoms with van der Waals surface area (Å²) in [5.41, 5.74) is 0. The lowest BCUT2D eigenvalue weighted by molar-refractivity contribution is -0.155. The summed E-state index contributed by atoms with van der Waals surface area (Å²) in [6, 6.07) is 0. The molecule has 0 aromatic carbocycles. The van der Waals surface area contributed by atoms with Crippen LogP contribution < -0.4 is 0 Å². The third kappa shape index (κ3) is 4.44. The monoisotopic (exact) mass is 192 g/mol. The summed E-state index contributed by atoms with van der Waals surface area (Å²) in [5, 5.41) is 25.6. The van der Waals surface area contributed by atoms with E-state index in [1.54, 1.807) is 0 Å². The SMILES string of the molecule is COC(CCC(=O)O)C(O)C(=O)O. The average molecular weight is 192 g/mol. The summed E-state index contributed by atoms with van der Waals surface area (Å²) in [6.07, 6.45) is -2.92. The largest absolute Gasteiger partial charge is 0.481 e. The first-order valence-corrected chi connectivity index (χ1v) is 3.64. The molecule has 0 aromatic rings. The van der Waals surface area contributed by atoms with Crippen LogP contribution in [-0.4, -0.2) is 46.6 Å². The van der Waals surface area contributed by atoms with Crippen molar-refractivity contribution < 1.29 is 29.6 Å². The number of hydrogen-bond donors (Lipinski definition) is 3. The van der Waals surface area contributed by atoms with Gasteiger partial charge in [0.2, 0.25) is 0 Å². The van der Waals surface area contributed by atoms with Crippen LogP contribution in [0.25, 0.3) is 0 Å². The number of methoxy groups -OCH3 is 1. The Morgan fingerprint density at radius 2 is 1.92 bits per heavy atom. The van der Waals surface area contributed by atoms with Crippen LogP contribution in [0.4, 0.5) is 0 Å². The lowest BCUT2D eigenvalue weighted by atomic mass is 10.1. The molecule has 0 aromatic heterocycles. The van der Waals surface area contributed by atoms with Gasteiger partial charge in [0.25, 0.3) is 0 Å². The molecule has 0 amide bonds. The molecular formula is C7H12O6. The fourth-order valence-corrected chi connectivity index (χ4v) is 0.829. The van der Waals surface area contributed by atoms with Crippen LogP contribution in [-0.2, 0) is 14.3 Å². The van der Waals surface area contributed by atoms with Crippen LogP contribution in [0.3, 0.4) is 0 Å². The minimum Gasteiger partial charge on any atom is -0.481 e. The van der Waals surface area contributed by atoms with E-state index in [1.807, 2.05) is 0 Å². The standard InChI is InChI=1S/C7H12O6/c1-13-4(2-3-5(8)9)6(10)7(11)12/h4,6,10H,2-3H2,1H3,(H,8,9)(H,11,12). The zero-order chi connectivity index (χ0) is 10.4. The molecule has 0 fully saturated rings.